The maximum Gasteiger partial charge on any atom is 0.0743 e. The summed E-state index contributed by atoms with van der Waals surface area (Å²) >= 11 is 39.6. The van der Waals surface area contributed by atoms with Gasteiger partial charge in [-0.3, -0.25) is 4.98 Å². The molecule has 3 rings (SSSR count). The highest BCUT2D eigenvalue weighted by molar-refractivity contribution is 14.1. The van der Waals surface area contributed by atoms with Crippen LogP contribution in [0.2, 0.25) is 30.1 Å². The van der Waals surface area contributed by atoms with Crippen molar-refractivity contribution in [2.24, 2.45) is 0 Å². The van der Waals surface area contributed by atoms with Gasteiger partial charge in [0.05, 0.1) is 35.8 Å². The Hall–Kier alpha value is 0.0600. The van der Waals surface area contributed by atoms with E-state index in [1.807, 2.05) is 6.07 Å². The summed E-state index contributed by atoms with van der Waals surface area (Å²) in [5.41, 5.74) is 2.56. The standard InChI is InChI=1S/C17H6Cl6IN/c18-8-1-3-10(20)16(22)14(8)7-6-25-13(5-12(7)24)15-9(19)2-4-11(21)17(15)23/h1-6H. The minimum Gasteiger partial charge on any atom is -0.255 e. The molecule has 0 atom stereocenters. The molecule has 1 aromatic heterocycles. The summed E-state index contributed by atoms with van der Waals surface area (Å²) in [6.07, 6.45) is 1.66. The van der Waals surface area contributed by atoms with Crippen LogP contribution in [0.4, 0.5) is 0 Å². The van der Waals surface area contributed by atoms with Gasteiger partial charge in [-0.15, -0.1) is 0 Å². The summed E-state index contributed by atoms with van der Waals surface area (Å²) < 4.78 is 0.862. The average molecular weight is 564 g/mol. The molecule has 3 aromatic rings. The lowest BCUT2D eigenvalue weighted by molar-refractivity contribution is 1.31. The molecule has 0 saturated heterocycles. The number of hydrogen-bond acceptors (Lipinski definition) is 1. The van der Waals surface area contributed by atoms with Gasteiger partial charge in [-0.2, -0.15) is 0 Å². The Morgan fingerprint density at radius 3 is 1.72 bits per heavy atom. The van der Waals surface area contributed by atoms with Crippen molar-refractivity contribution in [2.75, 3.05) is 0 Å². The number of hydrogen-bond donors (Lipinski definition) is 0. The number of halogens is 7. The van der Waals surface area contributed by atoms with Crippen molar-refractivity contribution in [3.05, 3.63) is 70.2 Å². The molecular formula is C17H6Cl6IN. The zero-order valence-corrected chi connectivity index (χ0v) is 18.8. The fraction of sp³-hybridized carbons (Fsp3) is 0. The van der Waals surface area contributed by atoms with Crippen LogP contribution < -0.4 is 0 Å². The molecule has 128 valence electrons. The molecule has 25 heavy (non-hydrogen) atoms. The zero-order valence-electron chi connectivity index (χ0n) is 12.1. The van der Waals surface area contributed by atoms with E-state index in [0.29, 0.717) is 47.0 Å². The van der Waals surface area contributed by atoms with Crippen LogP contribution in [0.25, 0.3) is 22.4 Å². The summed E-state index contributed by atoms with van der Waals surface area (Å²) in [5.74, 6) is 0. The van der Waals surface area contributed by atoms with Crippen LogP contribution in [0, 0.1) is 3.57 Å². The molecule has 0 saturated carbocycles. The van der Waals surface area contributed by atoms with Gasteiger partial charge in [0.2, 0.25) is 0 Å². The van der Waals surface area contributed by atoms with Crippen LogP contribution in [0.1, 0.15) is 0 Å². The van der Waals surface area contributed by atoms with Crippen LogP contribution in [-0.4, -0.2) is 4.98 Å². The summed E-state index contributed by atoms with van der Waals surface area (Å²) in [4.78, 5) is 4.47. The van der Waals surface area contributed by atoms with E-state index < -0.39 is 0 Å². The van der Waals surface area contributed by atoms with E-state index in [2.05, 4.69) is 27.6 Å². The minimum atomic E-state index is 0.351. The monoisotopic (exact) mass is 561 g/mol. The molecule has 2 aromatic carbocycles. The Labute approximate surface area is 188 Å². The largest absolute Gasteiger partial charge is 0.255 e. The van der Waals surface area contributed by atoms with E-state index in [1.54, 1.807) is 30.5 Å². The summed E-state index contributed by atoms with van der Waals surface area (Å²) in [7, 11) is 0. The van der Waals surface area contributed by atoms with Crippen molar-refractivity contribution in [1.82, 2.24) is 4.98 Å². The first-order valence-corrected chi connectivity index (χ1v) is 10.1. The van der Waals surface area contributed by atoms with Crippen LogP contribution in [0.3, 0.4) is 0 Å². The highest BCUT2D eigenvalue weighted by Gasteiger charge is 2.18. The molecule has 0 unspecified atom stereocenters. The van der Waals surface area contributed by atoms with Crippen LogP contribution in [0.15, 0.2) is 36.5 Å². The van der Waals surface area contributed by atoms with E-state index in [4.69, 9.17) is 69.6 Å². The fourth-order valence-electron chi connectivity index (χ4n) is 2.29. The molecule has 0 N–H and O–H groups in total. The smallest absolute Gasteiger partial charge is 0.0743 e. The number of benzene rings is 2. The third kappa shape index (κ3) is 3.86. The molecule has 0 aliphatic rings. The van der Waals surface area contributed by atoms with E-state index in [0.717, 1.165) is 9.13 Å². The molecule has 0 bridgehead atoms. The maximum absolute atomic E-state index is 6.33. The summed E-state index contributed by atoms with van der Waals surface area (Å²) in [5, 5.41) is 2.50. The maximum atomic E-state index is 6.33. The van der Waals surface area contributed by atoms with Gasteiger partial charge < -0.3 is 0 Å². The second kappa shape index (κ2) is 7.97. The van der Waals surface area contributed by atoms with Crippen molar-refractivity contribution in [1.29, 1.82) is 0 Å². The van der Waals surface area contributed by atoms with Crippen molar-refractivity contribution < 1.29 is 0 Å². The molecule has 8 heteroatoms. The average Bonchev–Trinajstić information content (AvgIpc) is 2.57. The van der Waals surface area contributed by atoms with E-state index in [1.165, 1.54) is 0 Å². The number of rotatable bonds is 2. The zero-order chi connectivity index (χ0) is 18.3. The molecule has 1 heterocycles. The molecule has 0 aliphatic heterocycles. The highest BCUT2D eigenvalue weighted by atomic mass is 127. The molecule has 1 nitrogen and oxygen atoms in total. The van der Waals surface area contributed by atoms with Gasteiger partial charge in [-0.25, -0.2) is 0 Å². The topological polar surface area (TPSA) is 12.9 Å². The van der Waals surface area contributed by atoms with Crippen molar-refractivity contribution in [3.63, 3.8) is 0 Å². The van der Waals surface area contributed by atoms with Gasteiger partial charge in [0.15, 0.2) is 0 Å². The van der Waals surface area contributed by atoms with Crippen molar-refractivity contribution >= 4 is 92.2 Å². The van der Waals surface area contributed by atoms with Gasteiger partial charge in [0.25, 0.3) is 0 Å². The SMILES string of the molecule is Clc1ccc(Cl)c(-c2cc(I)c(-c3c(Cl)ccc(Cl)c3Cl)cn2)c1Cl. The first-order valence-electron chi connectivity index (χ1n) is 6.74. The molecular weight excluding hydrogens is 558 g/mol. The normalized spacial score (nSPS) is 11.0. The minimum absolute atomic E-state index is 0.351. The van der Waals surface area contributed by atoms with Crippen LogP contribution in [-0.2, 0) is 0 Å². The van der Waals surface area contributed by atoms with Gasteiger partial charge in [0, 0.05) is 26.5 Å². The number of nitrogens with zero attached hydrogens (tertiary/aromatic N) is 1. The molecule has 0 aliphatic carbocycles. The van der Waals surface area contributed by atoms with Crippen molar-refractivity contribution in [3.8, 4) is 22.4 Å². The quantitative estimate of drug-likeness (QED) is 0.224. The highest BCUT2D eigenvalue weighted by Crippen LogP contribution is 2.43. The summed E-state index contributed by atoms with van der Waals surface area (Å²) in [6, 6.07) is 8.50. The third-order valence-electron chi connectivity index (χ3n) is 3.47. The van der Waals surface area contributed by atoms with E-state index in [9.17, 15) is 0 Å². The molecule has 0 fully saturated rings. The fourth-order valence-corrected chi connectivity index (χ4v) is 4.44. The van der Waals surface area contributed by atoms with Gasteiger partial charge in [-0.1, -0.05) is 69.6 Å². The Morgan fingerprint density at radius 1 is 0.680 bits per heavy atom. The van der Waals surface area contributed by atoms with Crippen molar-refractivity contribution in [2.45, 2.75) is 0 Å². The number of pyridine rings is 1. The van der Waals surface area contributed by atoms with Gasteiger partial charge in [-0.05, 0) is 52.9 Å². The molecule has 0 amide bonds. The number of aromatic nitrogens is 1. The Kier molecular flexibility index (Phi) is 6.32. The molecule has 0 radical (unpaired) electrons. The van der Waals surface area contributed by atoms with Crippen LogP contribution >= 0.6 is 92.2 Å². The van der Waals surface area contributed by atoms with Gasteiger partial charge in [0.1, 0.15) is 0 Å². The van der Waals surface area contributed by atoms with E-state index in [-0.39, 0.29) is 0 Å². The Bertz CT molecular complexity index is 989. The summed E-state index contributed by atoms with van der Waals surface area (Å²) in [6.45, 7) is 0. The first kappa shape index (κ1) is 19.8. The lowest BCUT2D eigenvalue weighted by Crippen LogP contribution is -1.93. The van der Waals surface area contributed by atoms with Gasteiger partial charge >= 0.3 is 0 Å². The third-order valence-corrected chi connectivity index (χ3v) is 6.60. The molecule has 0 spiro atoms. The Morgan fingerprint density at radius 2 is 1.16 bits per heavy atom. The van der Waals surface area contributed by atoms with E-state index >= 15 is 0 Å². The second-order valence-corrected chi connectivity index (χ2v) is 8.53. The lowest BCUT2D eigenvalue weighted by atomic mass is 10.1. The predicted molar refractivity (Wildman–Crippen MR) is 118 cm³/mol. The second-order valence-electron chi connectivity index (χ2n) is 4.99. The predicted octanol–water partition coefficient (Wildman–Crippen LogP) is 8.94. The first-order chi connectivity index (χ1) is 11.8. The lowest BCUT2D eigenvalue weighted by Gasteiger charge is -2.13. The Balaban J connectivity index is 2.19. The van der Waals surface area contributed by atoms with Crippen LogP contribution in [0.5, 0.6) is 0 Å².